The van der Waals surface area contributed by atoms with Crippen molar-refractivity contribution < 1.29 is 103 Å². The number of benzene rings is 3. The molecule has 0 saturated carbocycles. The van der Waals surface area contributed by atoms with Gasteiger partial charge in [-0.25, -0.2) is 4.79 Å². The van der Waals surface area contributed by atoms with Crippen LogP contribution in [0.5, 0.6) is 5.75 Å². The summed E-state index contributed by atoms with van der Waals surface area (Å²) in [4.78, 5) is 62.7. The standard InChI is InChI=1S/C34H39N3O9.2Na/c1-21(24-13-9-6-10-14-24)35-30(40)26(19-23-15-16-28(45-20-29(38)39)25(17-23)32(42)43)36-31(41)27(18-22-11-7-5-8-12-22)37-33(44)46-34(2,3)4;;/h5-17,21,26-27H,18-20H2,1-4H3,(H,35,40)(H,36,41)(H,37,44)(H,38,39)(H,42,43);;/q;2*+1/p-2/t21?,26-,27-;;/m0../s1. The number of carboxylic acid groups (broad SMARTS) is 2. The smallest absolute Gasteiger partial charge is 0.546 e. The van der Waals surface area contributed by atoms with Crippen molar-refractivity contribution >= 4 is 29.8 Å². The van der Waals surface area contributed by atoms with Crippen LogP contribution in [-0.4, -0.2) is 54.1 Å². The van der Waals surface area contributed by atoms with E-state index in [-0.39, 0.29) is 77.7 Å². The third kappa shape index (κ3) is 14.4. The first-order valence-electron chi connectivity index (χ1n) is 14.6. The molecule has 244 valence electrons. The molecular weight excluding hydrogens is 640 g/mol. The number of ether oxygens (including phenoxy) is 2. The van der Waals surface area contributed by atoms with Crippen LogP contribution in [-0.2, 0) is 32.0 Å². The zero-order valence-corrected chi connectivity index (χ0v) is 32.0. The first-order chi connectivity index (χ1) is 21.7. The molecule has 1 unspecified atom stereocenters. The van der Waals surface area contributed by atoms with Gasteiger partial charge in [0.1, 0.15) is 30.0 Å². The molecule has 14 heteroatoms. The fourth-order valence-corrected chi connectivity index (χ4v) is 4.49. The van der Waals surface area contributed by atoms with E-state index in [1.165, 1.54) is 18.2 Å². The molecule has 0 aliphatic carbocycles. The molecule has 0 radical (unpaired) electrons. The van der Waals surface area contributed by atoms with Gasteiger partial charge in [-0.3, -0.25) is 9.59 Å². The molecule has 0 aliphatic heterocycles. The molecule has 0 fully saturated rings. The molecule has 3 aromatic carbocycles. The Morgan fingerprint density at radius 2 is 1.27 bits per heavy atom. The third-order valence-electron chi connectivity index (χ3n) is 6.63. The topological polar surface area (TPSA) is 186 Å². The van der Waals surface area contributed by atoms with Crippen LogP contribution in [0.15, 0.2) is 78.9 Å². The summed E-state index contributed by atoms with van der Waals surface area (Å²) in [5, 5.41) is 30.8. The van der Waals surface area contributed by atoms with Gasteiger partial charge >= 0.3 is 65.2 Å². The minimum Gasteiger partial charge on any atom is -0.546 e. The minimum absolute atomic E-state index is 0. The number of carbonyl (C=O) groups is 5. The number of carboxylic acids is 2. The molecule has 0 heterocycles. The van der Waals surface area contributed by atoms with Gasteiger partial charge in [-0.1, -0.05) is 66.7 Å². The van der Waals surface area contributed by atoms with Crippen molar-refractivity contribution in [3.05, 3.63) is 101 Å². The monoisotopic (exact) mass is 677 g/mol. The molecule has 0 aromatic heterocycles. The Morgan fingerprint density at radius 1 is 0.729 bits per heavy atom. The van der Waals surface area contributed by atoms with Gasteiger partial charge in [0.15, 0.2) is 0 Å². The Bertz CT molecular complexity index is 1530. The van der Waals surface area contributed by atoms with Gasteiger partial charge in [0.25, 0.3) is 0 Å². The van der Waals surface area contributed by atoms with Crippen LogP contribution in [0.2, 0.25) is 0 Å². The normalized spacial score (nSPS) is 12.4. The summed E-state index contributed by atoms with van der Waals surface area (Å²) in [6.45, 7) is 5.94. The molecule has 3 amide bonds. The van der Waals surface area contributed by atoms with E-state index >= 15 is 0 Å². The summed E-state index contributed by atoms with van der Waals surface area (Å²) in [7, 11) is 0. The molecule has 0 bridgehead atoms. The first kappa shape index (κ1) is 42.6. The van der Waals surface area contributed by atoms with Crippen molar-refractivity contribution in [3.63, 3.8) is 0 Å². The maximum absolute atomic E-state index is 13.7. The largest absolute Gasteiger partial charge is 1.00 e. The molecule has 12 nitrogen and oxygen atoms in total. The predicted octanol–water partition coefficient (Wildman–Crippen LogP) is -4.77. The Kier molecular flexibility index (Phi) is 17.9. The average molecular weight is 678 g/mol. The SMILES string of the molecule is CC(NC(=O)[C@H](Cc1ccc(OCC(=O)[O-])c(C(=O)[O-])c1)NC(=O)[C@H](Cc1ccccc1)NC(=O)OC(C)(C)C)c1ccccc1.[Na+].[Na+]. The van der Waals surface area contributed by atoms with Gasteiger partial charge in [-0.15, -0.1) is 0 Å². The van der Waals surface area contributed by atoms with Crippen LogP contribution in [0.25, 0.3) is 0 Å². The van der Waals surface area contributed by atoms with Gasteiger partial charge in [-0.2, -0.15) is 0 Å². The van der Waals surface area contributed by atoms with Crippen molar-refractivity contribution in [2.24, 2.45) is 0 Å². The van der Waals surface area contributed by atoms with Crippen LogP contribution in [0.3, 0.4) is 0 Å². The number of hydrogen-bond donors (Lipinski definition) is 3. The van der Waals surface area contributed by atoms with Gasteiger partial charge in [0.05, 0.1) is 18.0 Å². The van der Waals surface area contributed by atoms with Crippen LogP contribution in [0.4, 0.5) is 4.79 Å². The van der Waals surface area contributed by atoms with Crippen molar-refractivity contribution in [2.45, 2.75) is 64.3 Å². The van der Waals surface area contributed by atoms with Crippen LogP contribution < -0.4 is 90.0 Å². The van der Waals surface area contributed by atoms with E-state index in [0.717, 1.165) is 11.1 Å². The molecule has 0 spiro atoms. The summed E-state index contributed by atoms with van der Waals surface area (Å²) in [5.74, 6) is -4.71. The number of hydrogen-bond acceptors (Lipinski definition) is 9. The van der Waals surface area contributed by atoms with Gasteiger partial charge in [-0.05, 0) is 56.5 Å². The van der Waals surface area contributed by atoms with Gasteiger partial charge in [0, 0.05) is 18.4 Å². The number of carbonyl (C=O) groups excluding carboxylic acids is 5. The van der Waals surface area contributed by atoms with E-state index in [9.17, 15) is 34.2 Å². The van der Waals surface area contributed by atoms with Crippen molar-refractivity contribution in [1.82, 2.24) is 16.0 Å². The number of aliphatic carboxylic acids is 1. The second kappa shape index (κ2) is 20.2. The van der Waals surface area contributed by atoms with E-state index in [2.05, 4.69) is 16.0 Å². The molecule has 48 heavy (non-hydrogen) atoms. The number of amides is 3. The minimum atomic E-state index is -1.64. The Morgan fingerprint density at radius 3 is 1.83 bits per heavy atom. The fourth-order valence-electron chi connectivity index (χ4n) is 4.49. The maximum atomic E-state index is 13.7. The quantitative estimate of drug-likeness (QED) is 0.141. The van der Waals surface area contributed by atoms with Gasteiger partial charge in [0.2, 0.25) is 11.8 Å². The van der Waals surface area contributed by atoms with Crippen molar-refractivity contribution in [3.8, 4) is 5.75 Å². The molecule has 0 saturated heterocycles. The summed E-state index contributed by atoms with van der Waals surface area (Å²) >= 11 is 0. The Hall–Kier alpha value is -3.39. The van der Waals surface area contributed by atoms with Crippen LogP contribution in [0.1, 0.15) is 60.8 Å². The van der Waals surface area contributed by atoms with Crippen molar-refractivity contribution in [1.29, 1.82) is 0 Å². The van der Waals surface area contributed by atoms with E-state index < -0.39 is 65.7 Å². The average Bonchev–Trinajstić information content (AvgIpc) is 2.99. The zero-order valence-electron chi connectivity index (χ0n) is 28.0. The zero-order chi connectivity index (χ0) is 33.9. The molecule has 3 atom stereocenters. The summed E-state index contributed by atoms with van der Waals surface area (Å²) < 4.78 is 10.4. The van der Waals surface area contributed by atoms with Gasteiger partial charge < -0.3 is 45.2 Å². The molecule has 3 rings (SSSR count). The number of aromatic carboxylic acids is 1. The molecule has 3 N–H and O–H groups in total. The fraction of sp³-hybridized carbons (Fsp3) is 0.324. The van der Waals surface area contributed by atoms with E-state index in [1.54, 1.807) is 52.0 Å². The first-order valence-corrected chi connectivity index (χ1v) is 14.6. The summed E-state index contributed by atoms with van der Waals surface area (Å²) in [6.07, 6.45) is -0.919. The van der Waals surface area contributed by atoms with Crippen molar-refractivity contribution in [2.75, 3.05) is 6.61 Å². The molecule has 0 aliphatic rings. The second-order valence-corrected chi connectivity index (χ2v) is 11.6. The third-order valence-corrected chi connectivity index (χ3v) is 6.63. The Labute approximate surface area is 323 Å². The van der Waals surface area contributed by atoms with E-state index in [4.69, 9.17) is 9.47 Å². The second-order valence-electron chi connectivity index (χ2n) is 11.6. The van der Waals surface area contributed by atoms with E-state index in [1.807, 2.05) is 36.4 Å². The summed E-state index contributed by atoms with van der Waals surface area (Å²) in [6, 6.07) is 19.1. The number of rotatable bonds is 14. The van der Waals surface area contributed by atoms with Crippen LogP contribution in [0, 0.1) is 0 Å². The summed E-state index contributed by atoms with van der Waals surface area (Å²) in [5.41, 5.74) is 0.566. The van der Waals surface area contributed by atoms with E-state index in [0.29, 0.717) is 5.56 Å². The number of nitrogens with one attached hydrogen (secondary N) is 3. The number of alkyl carbamates (subject to hydrolysis) is 1. The Balaban J connectivity index is 0.00000576. The predicted molar refractivity (Wildman–Crippen MR) is 163 cm³/mol. The van der Waals surface area contributed by atoms with Crippen LogP contribution >= 0.6 is 0 Å². The molecular formula is C34H37N3Na2O9. The maximum Gasteiger partial charge on any atom is 1.00 e. The molecule has 3 aromatic rings.